The predicted octanol–water partition coefficient (Wildman–Crippen LogP) is 4.11. The highest BCUT2D eigenvalue weighted by Crippen LogP contribution is 2.22. The maximum atomic E-state index is 13.6. The van der Waals surface area contributed by atoms with Crippen LogP contribution in [0, 0.1) is 5.82 Å². The van der Waals surface area contributed by atoms with Crippen LogP contribution in [-0.4, -0.2) is 12.6 Å². The van der Waals surface area contributed by atoms with Crippen LogP contribution in [0.1, 0.15) is 31.7 Å². The number of allylic oxidation sites excluding steroid dienone is 1. The molecule has 1 saturated carbocycles. The van der Waals surface area contributed by atoms with E-state index in [4.69, 9.17) is 11.6 Å². The summed E-state index contributed by atoms with van der Waals surface area (Å²) in [7, 11) is 0. The summed E-state index contributed by atoms with van der Waals surface area (Å²) in [5.41, 5.74) is 1.77. The highest BCUT2D eigenvalue weighted by Gasteiger charge is 2.19. The number of hydrogen-bond donors (Lipinski definition) is 1. The molecule has 1 aromatic rings. The summed E-state index contributed by atoms with van der Waals surface area (Å²) >= 11 is 6.01. The third-order valence-corrected chi connectivity index (χ3v) is 3.52. The highest BCUT2D eigenvalue weighted by atomic mass is 35.5. The Hall–Kier alpha value is -0.860. The van der Waals surface area contributed by atoms with Gasteiger partial charge in [0.15, 0.2) is 0 Å². The Bertz CT molecular complexity index is 418. The maximum Gasteiger partial charge on any atom is 0.128 e. The first-order valence-electron chi connectivity index (χ1n) is 6.48. The molecule has 0 spiro atoms. The van der Waals surface area contributed by atoms with Crippen LogP contribution in [0.4, 0.5) is 4.39 Å². The van der Waals surface area contributed by atoms with Crippen LogP contribution in [0.15, 0.2) is 29.8 Å². The van der Waals surface area contributed by atoms with Gasteiger partial charge >= 0.3 is 0 Å². The normalized spacial score (nSPS) is 16.1. The fourth-order valence-electron chi connectivity index (χ4n) is 1.95. The molecule has 1 aliphatic carbocycles. The van der Waals surface area contributed by atoms with Crippen molar-refractivity contribution in [1.29, 1.82) is 0 Å². The summed E-state index contributed by atoms with van der Waals surface area (Å²) in [6.45, 7) is 3.03. The predicted molar refractivity (Wildman–Crippen MR) is 74.5 cm³/mol. The van der Waals surface area contributed by atoms with Crippen molar-refractivity contribution in [3.05, 3.63) is 46.3 Å². The maximum absolute atomic E-state index is 13.6. The number of rotatable bonds is 6. The first kappa shape index (κ1) is 13.6. The Balaban J connectivity index is 1.84. The SMILES string of the molecule is CC(=CCCNC1CC1)Cc1c(F)cccc1Cl. The molecule has 0 heterocycles. The lowest BCUT2D eigenvalue weighted by Crippen LogP contribution is -2.16. The van der Waals surface area contributed by atoms with Crippen molar-refractivity contribution < 1.29 is 4.39 Å². The average molecular weight is 268 g/mol. The molecule has 18 heavy (non-hydrogen) atoms. The first-order chi connectivity index (χ1) is 8.66. The molecule has 0 saturated heterocycles. The number of benzene rings is 1. The molecule has 0 radical (unpaired) electrons. The van der Waals surface area contributed by atoms with Crippen molar-refractivity contribution >= 4 is 11.6 Å². The molecule has 0 aliphatic heterocycles. The van der Waals surface area contributed by atoms with Crippen molar-refractivity contribution in [1.82, 2.24) is 5.32 Å². The summed E-state index contributed by atoms with van der Waals surface area (Å²) in [6, 6.07) is 5.59. The smallest absolute Gasteiger partial charge is 0.128 e. The molecule has 1 fully saturated rings. The Morgan fingerprint density at radius 1 is 1.50 bits per heavy atom. The Morgan fingerprint density at radius 3 is 2.94 bits per heavy atom. The highest BCUT2D eigenvalue weighted by molar-refractivity contribution is 6.31. The van der Waals surface area contributed by atoms with Gasteiger partial charge in [-0.3, -0.25) is 0 Å². The van der Waals surface area contributed by atoms with E-state index in [-0.39, 0.29) is 5.82 Å². The molecule has 1 nitrogen and oxygen atoms in total. The second-order valence-electron chi connectivity index (χ2n) is 4.94. The van der Waals surface area contributed by atoms with E-state index in [0.29, 0.717) is 17.0 Å². The number of halogens is 2. The zero-order valence-electron chi connectivity index (χ0n) is 10.7. The molecule has 0 amide bonds. The molecule has 1 N–H and O–H groups in total. The van der Waals surface area contributed by atoms with Gasteiger partial charge in [-0.15, -0.1) is 0 Å². The van der Waals surface area contributed by atoms with Crippen LogP contribution >= 0.6 is 11.6 Å². The van der Waals surface area contributed by atoms with E-state index in [1.807, 2.05) is 6.92 Å². The van der Waals surface area contributed by atoms with Crippen molar-refractivity contribution in [2.45, 2.75) is 38.6 Å². The molecular formula is C15H19ClFN. The molecule has 98 valence electrons. The van der Waals surface area contributed by atoms with E-state index < -0.39 is 0 Å². The minimum Gasteiger partial charge on any atom is -0.314 e. The molecule has 0 atom stereocenters. The topological polar surface area (TPSA) is 12.0 Å². The van der Waals surface area contributed by atoms with Crippen LogP contribution < -0.4 is 5.32 Å². The van der Waals surface area contributed by atoms with Crippen LogP contribution in [0.2, 0.25) is 5.02 Å². The quantitative estimate of drug-likeness (QED) is 0.604. The summed E-state index contributed by atoms with van der Waals surface area (Å²) in [6.07, 6.45) is 6.38. The Labute approximate surface area is 113 Å². The Kier molecular flexibility index (Phi) is 4.79. The zero-order chi connectivity index (χ0) is 13.0. The molecule has 0 bridgehead atoms. The summed E-state index contributed by atoms with van der Waals surface area (Å²) < 4.78 is 13.6. The van der Waals surface area contributed by atoms with Crippen molar-refractivity contribution in [2.75, 3.05) is 6.54 Å². The largest absolute Gasteiger partial charge is 0.314 e. The van der Waals surface area contributed by atoms with E-state index >= 15 is 0 Å². The van der Waals surface area contributed by atoms with E-state index in [0.717, 1.165) is 19.0 Å². The molecule has 0 unspecified atom stereocenters. The van der Waals surface area contributed by atoms with Crippen LogP contribution in [0.3, 0.4) is 0 Å². The Morgan fingerprint density at radius 2 is 2.28 bits per heavy atom. The summed E-state index contributed by atoms with van der Waals surface area (Å²) in [5.74, 6) is -0.216. The lowest BCUT2D eigenvalue weighted by atomic mass is 10.0. The van der Waals surface area contributed by atoms with Gasteiger partial charge in [-0.05, 0) is 51.3 Å². The van der Waals surface area contributed by atoms with Crippen LogP contribution in [0.25, 0.3) is 0 Å². The minimum atomic E-state index is -0.216. The van der Waals surface area contributed by atoms with Gasteiger partial charge in [0.05, 0.1) is 0 Å². The van der Waals surface area contributed by atoms with Crippen molar-refractivity contribution in [2.24, 2.45) is 0 Å². The number of nitrogens with one attached hydrogen (secondary N) is 1. The molecular weight excluding hydrogens is 249 g/mol. The van der Waals surface area contributed by atoms with Crippen LogP contribution in [-0.2, 0) is 6.42 Å². The van der Waals surface area contributed by atoms with E-state index in [9.17, 15) is 4.39 Å². The molecule has 2 rings (SSSR count). The molecule has 3 heteroatoms. The monoisotopic (exact) mass is 267 g/mol. The number of hydrogen-bond acceptors (Lipinski definition) is 1. The van der Waals surface area contributed by atoms with E-state index in [1.165, 1.54) is 24.5 Å². The van der Waals surface area contributed by atoms with Gasteiger partial charge in [0.2, 0.25) is 0 Å². The van der Waals surface area contributed by atoms with Gasteiger partial charge < -0.3 is 5.32 Å². The van der Waals surface area contributed by atoms with Crippen LogP contribution in [0.5, 0.6) is 0 Å². The summed E-state index contributed by atoms with van der Waals surface area (Å²) in [4.78, 5) is 0. The molecule has 1 aromatic carbocycles. The summed E-state index contributed by atoms with van der Waals surface area (Å²) in [5, 5.41) is 3.97. The van der Waals surface area contributed by atoms with Gasteiger partial charge in [-0.1, -0.05) is 29.3 Å². The lowest BCUT2D eigenvalue weighted by molar-refractivity contribution is 0.613. The zero-order valence-corrected chi connectivity index (χ0v) is 11.4. The van der Waals surface area contributed by atoms with Gasteiger partial charge in [0, 0.05) is 16.6 Å². The lowest BCUT2D eigenvalue weighted by Gasteiger charge is -2.06. The van der Waals surface area contributed by atoms with Gasteiger partial charge in [-0.25, -0.2) is 4.39 Å². The third kappa shape index (κ3) is 4.11. The standard InChI is InChI=1S/C15H19ClFN/c1-11(4-3-9-18-12-7-8-12)10-13-14(16)5-2-6-15(13)17/h2,4-6,12,18H,3,7-10H2,1H3. The second kappa shape index (κ2) is 6.35. The van der Waals surface area contributed by atoms with Crippen molar-refractivity contribution in [3.63, 3.8) is 0 Å². The van der Waals surface area contributed by atoms with Crippen molar-refractivity contribution in [3.8, 4) is 0 Å². The van der Waals surface area contributed by atoms with Gasteiger partial charge in [-0.2, -0.15) is 0 Å². The van der Waals surface area contributed by atoms with Gasteiger partial charge in [0.1, 0.15) is 5.82 Å². The van der Waals surface area contributed by atoms with E-state index in [1.54, 1.807) is 12.1 Å². The minimum absolute atomic E-state index is 0.216. The first-order valence-corrected chi connectivity index (χ1v) is 6.86. The molecule has 1 aliphatic rings. The molecule has 0 aromatic heterocycles. The second-order valence-corrected chi connectivity index (χ2v) is 5.35. The van der Waals surface area contributed by atoms with Gasteiger partial charge in [0.25, 0.3) is 0 Å². The van der Waals surface area contributed by atoms with E-state index in [2.05, 4.69) is 11.4 Å². The fraction of sp³-hybridized carbons (Fsp3) is 0.467. The fourth-order valence-corrected chi connectivity index (χ4v) is 2.18. The third-order valence-electron chi connectivity index (χ3n) is 3.16. The average Bonchev–Trinajstić information content (AvgIpc) is 3.14.